The standard InChI is InChI=1S/C21H28N4O5/c1-5-15-14(9-10-16(26)30-6-2)19-24(11-12(3)4)20(28)17(21(29)25(19)23-15)18(27)22-13-7-8-13/h9-10,12-13,28H,5-8,11H2,1-4H3,(H,22,27)/b10-9+. The molecule has 2 aromatic heterocycles. The second-order valence-corrected chi connectivity index (χ2v) is 7.79. The molecule has 30 heavy (non-hydrogen) atoms. The number of aryl methyl sites for hydroxylation is 1. The predicted molar refractivity (Wildman–Crippen MR) is 111 cm³/mol. The zero-order valence-corrected chi connectivity index (χ0v) is 17.8. The molecule has 3 rings (SSSR count). The van der Waals surface area contributed by atoms with E-state index in [9.17, 15) is 19.5 Å². The van der Waals surface area contributed by atoms with E-state index in [0.29, 0.717) is 29.9 Å². The Bertz CT molecular complexity index is 1060. The van der Waals surface area contributed by atoms with Gasteiger partial charge in [0.2, 0.25) is 5.88 Å². The average molecular weight is 416 g/mol. The monoisotopic (exact) mass is 416 g/mol. The van der Waals surface area contributed by atoms with Crippen LogP contribution in [0.5, 0.6) is 5.88 Å². The van der Waals surface area contributed by atoms with Crippen molar-refractivity contribution in [3.63, 3.8) is 0 Å². The Morgan fingerprint density at radius 1 is 1.33 bits per heavy atom. The van der Waals surface area contributed by atoms with E-state index in [1.54, 1.807) is 13.0 Å². The largest absolute Gasteiger partial charge is 0.494 e. The quantitative estimate of drug-likeness (QED) is 0.502. The van der Waals surface area contributed by atoms with Crippen LogP contribution in [0.15, 0.2) is 10.9 Å². The molecule has 1 aliphatic carbocycles. The van der Waals surface area contributed by atoms with Crippen LogP contribution in [0.1, 0.15) is 62.2 Å². The fourth-order valence-corrected chi connectivity index (χ4v) is 3.30. The molecule has 1 amide bonds. The summed E-state index contributed by atoms with van der Waals surface area (Å²) in [6.07, 6.45) is 5.03. The zero-order valence-electron chi connectivity index (χ0n) is 17.8. The molecule has 0 unspecified atom stereocenters. The Labute approximate surface area is 174 Å². The van der Waals surface area contributed by atoms with E-state index in [4.69, 9.17) is 4.74 Å². The number of hydrogen-bond acceptors (Lipinski definition) is 6. The highest BCUT2D eigenvalue weighted by Gasteiger charge is 2.30. The Morgan fingerprint density at radius 2 is 2.03 bits per heavy atom. The number of ether oxygens (including phenoxy) is 1. The minimum Gasteiger partial charge on any atom is -0.494 e. The second kappa shape index (κ2) is 8.73. The van der Waals surface area contributed by atoms with Gasteiger partial charge < -0.3 is 15.2 Å². The van der Waals surface area contributed by atoms with E-state index >= 15 is 0 Å². The Kier molecular flexibility index (Phi) is 6.28. The minimum atomic E-state index is -0.689. The molecule has 1 fully saturated rings. The fourth-order valence-electron chi connectivity index (χ4n) is 3.30. The van der Waals surface area contributed by atoms with Gasteiger partial charge in [-0.05, 0) is 38.2 Å². The molecule has 0 bridgehead atoms. The summed E-state index contributed by atoms with van der Waals surface area (Å²) >= 11 is 0. The van der Waals surface area contributed by atoms with Crippen molar-refractivity contribution in [2.24, 2.45) is 5.92 Å². The van der Waals surface area contributed by atoms with E-state index in [2.05, 4.69) is 10.4 Å². The molecule has 2 N–H and O–H groups in total. The number of aromatic hydroxyl groups is 1. The van der Waals surface area contributed by atoms with E-state index in [-0.39, 0.29) is 24.1 Å². The van der Waals surface area contributed by atoms with Gasteiger partial charge in [0.25, 0.3) is 11.5 Å². The van der Waals surface area contributed by atoms with Crippen LogP contribution in [0.3, 0.4) is 0 Å². The number of hydrogen-bond donors (Lipinski definition) is 2. The van der Waals surface area contributed by atoms with Crippen molar-refractivity contribution in [3.05, 3.63) is 33.3 Å². The summed E-state index contributed by atoms with van der Waals surface area (Å²) in [4.78, 5) is 37.6. The van der Waals surface area contributed by atoms with Gasteiger partial charge in [0.05, 0.1) is 12.3 Å². The highest BCUT2D eigenvalue weighted by atomic mass is 16.5. The number of nitrogens with zero attached hydrogens (tertiary/aromatic N) is 3. The number of rotatable bonds is 8. The summed E-state index contributed by atoms with van der Waals surface area (Å²) in [5.41, 5.74) is 0.441. The topological polar surface area (TPSA) is 115 Å². The maximum Gasteiger partial charge on any atom is 0.330 e. The van der Waals surface area contributed by atoms with Crippen LogP contribution in [0.25, 0.3) is 11.7 Å². The number of carbonyl (C=O) groups excluding carboxylic acids is 2. The van der Waals surface area contributed by atoms with Crippen molar-refractivity contribution in [2.75, 3.05) is 6.61 Å². The van der Waals surface area contributed by atoms with Gasteiger partial charge in [-0.1, -0.05) is 20.8 Å². The molecule has 0 aromatic carbocycles. The van der Waals surface area contributed by atoms with Gasteiger partial charge in [0.1, 0.15) is 5.65 Å². The number of aromatic nitrogens is 3. The van der Waals surface area contributed by atoms with Crippen molar-refractivity contribution < 1.29 is 19.4 Å². The third-order valence-electron chi connectivity index (χ3n) is 4.81. The van der Waals surface area contributed by atoms with E-state index in [1.807, 2.05) is 20.8 Å². The summed E-state index contributed by atoms with van der Waals surface area (Å²) in [5.74, 6) is -1.39. The zero-order chi connectivity index (χ0) is 22.0. The molecule has 9 heteroatoms. The first-order valence-electron chi connectivity index (χ1n) is 10.3. The summed E-state index contributed by atoms with van der Waals surface area (Å²) in [7, 11) is 0. The van der Waals surface area contributed by atoms with Gasteiger partial charge in [0.15, 0.2) is 5.56 Å². The van der Waals surface area contributed by atoms with Crippen LogP contribution in [0.4, 0.5) is 0 Å². The highest BCUT2D eigenvalue weighted by Crippen LogP contribution is 2.26. The Hall–Kier alpha value is -3.10. The lowest BCUT2D eigenvalue weighted by Crippen LogP contribution is -2.34. The number of nitrogens with one attached hydrogen (secondary N) is 1. The van der Waals surface area contributed by atoms with Crippen LogP contribution < -0.4 is 10.9 Å². The lowest BCUT2D eigenvalue weighted by Gasteiger charge is -2.17. The molecular weight excluding hydrogens is 388 g/mol. The lowest BCUT2D eigenvalue weighted by molar-refractivity contribution is -0.137. The van der Waals surface area contributed by atoms with Crippen LogP contribution in [0.2, 0.25) is 0 Å². The smallest absolute Gasteiger partial charge is 0.330 e. The van der Waals surface area contributed by atoms with Crippen molar-refractivity contribution in [2.45, 2.75) is 59.5 Å². The molecule has 162 valence electrons. The highest BCUT2D eigenvalue weighted by molar-refractivity contribution is 5.97. The Balaban J connectivity index is 2.25. The van der Waals surface area contributed by atoms with Gasteiger partial charge >= 0.3 is 5.97 Å². The van der Waals surface area contributed by atoms with Crippen LogP contribution >= 0.6 is 0 Å². The third kappa shape index (κ3) is 4.24. The molecular formula is C21H28N4O5. The van der Waals surface area contributed by atoms with Crippen molar-refractivity contribution in [1.29, 1.82) is 0 Å². The van der Waals surface area contributed by atoms with Crippen molar-refractivity contribution in [1.82, 2.24) is 19.5 Å². The molecule has 0 atom stereocenters. The van der Waals surface area contributed by atoms with Crippen molar-refractivity contribution >= 4 is 23.6 Å². The molecule has 1 aliphatic rings. The van der Waals surface area contributed by atoms with Gasteiger partial charge in [0, 0.05) is 24.2 Å². The fraction of sp³-hybridized carbons (Fsp3) is 0.524. The summed E-state index contributed by atoms with van der Waals surface area (Å²) in [6.45, 7) is 8.12. The molecule has 2 heterocycles. The van der Waals surface area contributed by atoms with Gasteiger partial charge in [-0.25, -0.2) is 4.79 Å². The molecule has 2 aromatic rings. The third-order valence-corrected chi connectivity index (χ3v) is 4.81. The van der Waals surface area contributed by atoms with Crippen LogP contribution in [0, 0.1) is 5.92 Å². The molecule has 0 radical (unpaired) electrons. The molecule has 0 saturated heterocycles. The van der Waals surface area contributed by atoms with Crippen LogP contribution in [-0.2, 0) is 22.5 Å². The Morgan fingerprint density at radius 3 is 2.60 bits per heavy atom. The first-order chi connectivity index (χ1) is 14.3. The average Bonchev–Trinajstić information content (AvgIpc) is 3.41. The van der Waals surface area contributed by atoms with E-state index in [0.717, 1.165) is 17.4 Å². The van der Waals surface area contributed by atoms with Gasteiger partial charge in [-0.3, -0.25) is 14.2 Å². The summed E-state index contributed by atoms with van der Waals surface area (Å²) in [5, 5.41) is 18.1. The molecule has 1 saturated carbocycles. The number of esters is 1. The van der Waals surface area contributed by atoms with Crippen molar-refractivity contribution in [3.8, 4) is 5.88 Å². The first-order valence-corrected chi connectivity index (χ1v) is 10.3. The van der Waals surface area contributed by atoms with E-state index < -0.39 is 23.3 Å². The molecule has 0 aliphatic heterocycles. The van der Waals surface area contributed by atoms with Crippen LogP contribution in [-0.4, -0.2) is 43.8 Å². The predicted octanol–water partition coefficient (Wildman–Crippen LogP) is 1.89. The number of fused-ring (bicyclic) bond motifs is 1. The number of carbonyl (C=O) groups is 2. The normalized spacial score (nSPS) is 14.0. The number of amides is 1. The van der Waals surface area contributed by atoms with Gasteiger partial charge in [-0.15, -0.1) is 0 Å². The van der Waals surface area contributed by atoms with E-state index in [1.165, 1.54) is 10.6 Å². The summed E-state index contributed by atoms with van der Waals surface area (Å²) in [6, 6.07) is 0.0393. The maximum absolute atomic E-state index is 13.1. The molecule has 0 spiro atoms. The maximum atomic E-state index is 13.1. The summed E-state index contributed by atoms with van der Waals surface area (Å²) < 4.78 is 7.60. The second-order valence-electron chi connectivity index (χ2n) is 7.79. The molecule has 9 nitrogen and oxygen atoms in total. The minimum absolute atomic E-state index is 0.0393. The lowest BCUT2D eigenvalue weighted by atomic mass is 10.1. The van der Waals surface area contributed by atoms with Gasteiger partial charge in [-0.2, -0.15) is 9.61 Å². The SMILES string of the molecule is CCOC(=O)/C=C/c1c(CC)nn2c(=O)c(C(=O)NC3CC3)c(O)n(CC(C)C)c12. The first kappa shape index (κ1) is 21.6.